The van der Waals surface area contributed by atoms with Crippen LogP contribution in [0.4, 0.5) is 17.1 Å². The van der Waals surface area contributed by atoms with Crippen LogP contribution in [-0.4, -0.2) is 31.7 Å². The topological polar surface area (TPSA) is 93.7 Å². The molecule has 1 heterocycles. The molecule has 1 aromatic rings. The Labute approximate surface area is 117 Å². The number of rotatable bonds is 5. The fourth-order valence-electron chi connectivity index (χ4n) is 2.58. The van der Waals surface area contributed by atoms with E-state index in [1.807, 2.05) is 11.9 Å². The van der Waals surface area contributed by atoms with Crippen molar-refractivity contribution < 1.29 is 9.66 Å². The molecular weight excluding hydrogens is 260 g/mol. The van der Waals surface area contributed by atoms with E-state index in [1.54, 1.807) is 18.2 Å². The van der Waals surface area contributed by atoms with Gasteiger partial charge in [0.25, 0.3) is 0 Å². The lowest BCUT2D eigenvalue weighted by molar-refractivity contribution is -0.383. The van der Waals surface area contributed by atoms with E-state index in [4.69, 9.17) is 10.6 Å². The van der Waals surface area contributed by atoms with Gasteiger partial charge >= 0.3 is 5.69 Å². The monoisotopic (exact) mass is 280 g/mol. The minimum atomic E-state index is -0.404. The Morgan fingerprint density at radius 1 is 1.60 bits per heavy atom. The summed E-state index contributed by atoms with van der Waals surface area (Å²) in [6, 6.07) is 5.09. The van der Waals surface area contributed by atoms with Gasteiger partial charge in [0.05, 0.1) is 11.5 Å². The van der Waals surface area contributed by atoms with Crippen molar-refractivity contribution in [2.24, 2.45) is 11.8 Å². The van der Waals surface area contributed by atoms with E-state index in [9.17, 15) is 10.1 Å². The van der Waals surface area contributed by atoms with Crippen molar-refractivity contribution in [3.63, 3.8) is 0 Å². The van der Waals surface area contributed by atoms with Crippen LogP contribution in [0.25, 0.3) is 0 Å². The molecule has 0 spiro atoms. The fourth-order valence-corrected chi connectivity index (χ4v) is 2.58. The first kappa shape index (κ1) is 14.5. The van der Waals surface area contributed by atoms with Crippen LogP contribution in [0.15, 0.2) is 18.2 Å². The highest BCUT2D eigenvalue weighted by Gasteiger charge is 2.24. The van der Waals surface area contributed by atoms with Gasteiger partial charge < -0.3 is 15.1 Å². The zero-order valence-corrected chi connectivity index (χ0v) is 11.5. The lowest BCUT2D eigenvalue weighted by atomic mass is 10.0. The lowest BCUT2D eigenvalue weighted by Crippen LogP contribution is -2.31. The summed E-state index contributed by atoms with van der Waals surface area (Å²) in [5.41, 5.74) is 3.28. The number of benzene rings is 1. The molecule has 2 rings (SSSR count). The summed E-state index contributed by atoms with van der Waals surface area (Å²) >= 11 is 0. The Hall–Kier alpha value is -1.86. The molecule has 0 aliphatic carbocycles. The van der Waals surface area contributed by atoms with Gasteiger partial charge in [-0.1, -0.05) is 6.07 Å². The molecule has 0 bridgehead atoms. The van der Waals surface area contributed by atoms with Crippen LogP contribution in [0.2, 0.25) is 0 Å². The van der Waals surface area contributed by atoms with Crippen LogP contribution in [0.3, 0.4) is 0 Å². The third kappa shape index (κ3) is 3.17. The number of nitrogens with one attached hydrogen (secondary N) is 1. The second-order valence-electron chi connectivity index (χ2n) is 5.04. The van der Waals surface area contributed by atoms with Crippen LogP contribution >= 0.6 is 0 Å². The van der Waals surface area contributed by atoms with Crippen molar-refractivity contribution in [2.75, 3.05) is 37.1 Å². The summed E-state index contributed by atoms with van der Waals surface area (Å²) in [7, 11) is 1.86. The van der Waals surface area contributed by atoms with Crippen LogP contribution in [-0.2, 0) is 4.74 Å². The fraction of sp³-hybridized carbons (Fsp3) is 0.538. The maximum absolute atomic E-state index is 11.3. The zero-order chi connectivity index (χ0) is 14.5. The minimum absolute atomic E-state index is 0.00854. The number of anilines is 2. The van der Waals surface area contributed by atoms with E-state index in [0.717, 1.165) is 26.0 Å². The second kappa shape index (κ2) is 6.53. The number of hydrazine groups is 1. The summed E-state index contributed by atoms with van der Waals surface area (Å²) in [4.78, 5) is 12.8. The van der Waals surface area contributed by atoms with Gasteiger partial charge in [-0.05, 0) is 30.9 Å². The van der Waals surface area contributed by atoms with Crippen LogP contribution in [0.5, 0.6) is 0 Å². The first-order valence-corrected chi connectivity index (χ1v) is 6.66. The third-order valence-electron chi connectivity index (χ3n) is 3.55. The SMILES string of the molecule is CN(CC1CCCOC1)c1cccc(NN)c1[N+](=O)[O-]. The average Bonchev–Trinajstić information content (AvgIpc) is 2.47. The largest absolute Gasteiger partial charge is 0.381 e. The normalized spacial score (nSPS) is 18.6. The van der Waals surface area contributed by atoms with E-state index < -0.39 is 4.92 Å². The number of nitro benzene ring substituents is 1. The van der Waals surface area contributed by atoms with E-state index in [0.29, 0.717) is 23.9 Å². The molecule has 0 radical (unpaired) electrons. The molecule has 1 saturated heterocycles. The van der Waals surface area contributed by atoms with E-state index >= 15 is 0 Å². The van der Waals surface area contributed by atoms with Gasteiger partial charge in [-0.25, -0.2) is 0 Å². The van der Waals surface area contributed by atoms with E-state index in [2.05, 4.69) is 5.43 Å². The number of ether oxygens (including phenoxy) is 1. The van der Waals surface area contributed by atoms with Gasteiger partial charge in [-0.15, -0.1) is 0 Å². The van der Waals surface area contributed by atoms with Gasteiger partial charge in [-0.3, -0.25) is 16.0 Å². The van der Waals surface area contributed by atoms with Gasteiger partial charge in [0, 0.05) is 20.2 Å². The maximum Gasteiger partial charge on any atom is 0.316 e. The molecule has 110 valence electrons. The minimum Gasteiger partial charge on any atom is -0.381 e. The van der Waals surface area contributed by atoms with E-state index in [1.165, 1.54) is 0 Å². The molecule has 7 heteroatoms. The number of nitro groups is 1. The number of nitrogens with two attached hydrogens (primary N) is 1. The Bertz CT molecular complexity index is 475. The van der Waals surface area contributed by atoms with Crippen molar-refractivity contribution in [1.82, 2.24) is 0 Å². The van der Waals surface area contributed by atoms with Crippen molar-refractivity contribution in [1.29, 1.82) is 0 Å². The molecule has 1 aliphatic rings. The molecule has 0 amide bonds. The summed E-state index contributed by atoms with van der Waals surface area (Å²) in [6.45, 7) is 2.26. The molecule has 1 atom stereocenters. The van der Waals surface area contributed by atoms with Crippen LogP contribution in [0.1, 0.15) is 12.8 Å². The molecule has 0 saturated carbocycles. The van der Waals surface area contributed by atoms with Gasteiger partial charge in [0.2, 0.25) is 0 Å². The average molecular weight is 280 g/mol. The Morgan fingerprint density at radius 2 is 2.40 bits per heavy atom. The smallest absolute Gasteiger partial charge is 0.316 e. The molecule has 1 unspecified atom stereocenters. The Balaban J connectivity index is 2.19. The van der Waals surface area contributed by atoms with E-state index in [-0.39, 0.29) is 5.69 Å². The molecule has 0 aromatic heterocycles. The van der Waals surface area contributed by atoms with Crippen molar-refractivity contribution in [2.45, 2.75) is 12.8 Å². The van der Waals surface area contributed by atoms with Crippen LogP contribution < -0.4 is 16.2 Å². The Kier molecular flexibility index (Phi) is 4.75. The molecule has 1 aliphatic heterocycles. The third-order valence-corrected chi connectivity index (χ3v) is 3.55. The predicted molar refractivity (Wildman–Crippen MR) is 77.7 cm³/mol. The summed E-state index contributed by atoms with van der Waals surface area (Å²) in [5.74, 6) is 5.75. The first-order valence-electron chi connectivity index (χ1n) is 6.66. The highest BCUT2D eigenvalue weighted by molar-refractivity contribution is 5.76. The summed E-state index contributed by atoms with van der Waals surface area (Å²) in [5, 5.41) is 11.3. The summed E-state index contributed by atoms with van der Waals surface area (Å²) < 4.78 is 5.45. The molecular formula is C13H20N4O3. The quantitative estimate of drug-likeness (QED) is 0.485. The number of para-hydroxylation sites is 1. The van der Waals surface area contributed by atoms with Gasteiger partial charge in [0.15, 0.2) is 0 Å². The second-order valence-corrected chi connectivity index (χ2v) is 5.04. The molecule has 1 aromatic carbocycles. The lowest BCUT2D eigenvalue weighted by Gasteiger charge is -2.28. The zero-order valence-electron chi connectivity index (χ0n) is 11.5. The number of nitrogens with zero attached hydrogens (tertiary/aromatic N) is 2. The number of nitrogen functional groups attached to an aromatic ring is 1. The van der Waals surface area contributed by atoms with Crippen molar-refractivity contribution in [3.8, 4) is 0 Å². The summed E-state index contributed by atoms with van der Waals surface area (Å²) in [6.07, 6.45) is 2.14. The molecule has 7 nitrogen and oxygen atoms in total. The predicted octanol–water partition coefficient (Wildman–Crippen LogP) is 1.74. The number of hydrogen-bond acceptors (Lipinski definition) is 6. The first-order chi connectivity index (χ1) is 9.63. The maximum atomic E-state index is 11.3. The number of hydrogen-bond donors (Lipinski definition) is 2. The standard InChI is InChI=1S/C13H20N4O3/c1-16(8-10-4-3-7-20-9-10)12-6-2-5-11(15-14)13(12)17(18)19/h2,5-6,10,15H,3-4,7-9,14H2,1H3. The van der Waals surface area contributed by atoms with Crippen molar-refractivity contribution in [3.05, 3.63) is 28.3 Å². The van der Waals surface area contributed by atoms with Crippen molar-refractivity contribution >= 4 is 17.1 Å². The van der Waals surface area contributed by atoms with Gasteiger partial charge in [-0.2, -0.15) is 0 Å². The highest BCUT2D eigenvalue weighted by Crippen LogP contribution is 2.35. The van der Waals surface area contributed by atoms with Crippen LogP contribution in [0, 0.1) is 16.0 Å². The Morgan fingerprint density at radius 3 is 3.00 bits per heavy atom. The van der Waals surface area contributed by atoms with Gasteiger partial charge in [0.1, 0.15) is 11.4 Å². The molecule has 20 heavy (non-hydrogen) atoms. The highest BCUT2D eigenvalue weighted by atomic mass is 16.6. The molecule has 3 N–H and O–H groups in total. The molecule has 1 fully saturated rings.